The Morgan fingerprint density at radius 2 is 2.38 bits per heavy atom. The number of rotatable bonds is 0. The van der Waals surface area contributed by atoms with Crippen LogP contribution in [0.5, 0.6) is 0 Å². The van der Waals surface area contributed by atoms with Crippen molar-refractivity contribution in [2.45, 2.75) is 11.8 Å². The second-order valence-electron chi connectivity index (χ2n) is 1.59. The van der Waals surface area contributed by atoms with Crippen molar-refractivity contribution in [3.05, 3.63) is 24.0 Å². The number of hydrogen-bond donors (Lipinski definition) is 0. The third-order valence-electron chi connectivity index (χ3n) is 0.958. The van der Waals surface area contributed by atoms with Gasteiger partial charge in [0.2, 0.25) is 0 Å². The van der Waals surface area contributed by atoms with Crippen LogP contribution in [-0.4, -0.2) is 4.98 Å². The van der Waals surface area contributed by atoms with Gasteiger partial charge in [-0.1, -0.05) is 12.6 Å². The molecular formula is C6H6NS. The van der Waals surface area contributed by atoms with Crippen molar-refractivity contribution in [2.75, 3.05) is 0 Å². The predicted molar refractivity (Wildman–Crippen MR) is 34.8 cm³/mol. The minimum absolute atomic E-state index is 0.840. The molecule has 1 nitrogen and oxygen atoms in total. The Bertz CT molecular complexity index is 165. The monoisotopic (exact) mass is 124 g/mol. The van der Waals surface area contributed by atoms with Crippen molar-refractivity contribution >= 4 is 12.6 Å². The maximum atomic E-state index is 4.89. The van der Waals surface area contributed by atoms with E-state index in [1.807, 2.05) is 19.1 Å². The standard InChI is InChI=1S/C6H6NS/c1-5-6(8)3-2-4-7-5/h2-4H,1H3. The van der Waals surface area contributed by atoms with E-state index in [-0.39, 0.29) is 0 Å². The SMILES string of the molecule is Cc1ncccc1[S]. The summed E-state index contributed by atoms with van der Waals surface area (Å²) in [6, 6.07) is 3.72. The van der Waals surface area contributed by atoms with E-state index >= 15 is 0 Å². The van der Waals surface area contributed by atoms with Crippen LogP contribution in [0.15, 0.2) is 23.2 Å². The molecular weight excluding hydrogens is 118 g/mol. The highest BCUT2D eigenvalue weighted by Gasteiger charge is 1.88. The van der Waals surface area contributed by atoms with Gasteiger partial charge in [0.25, 0.3) is 0 Å². The van der Waals surface area contributed by atoms with Gasteiger partial charge in [0.05, 0.1) is 10.6 Å². The summed E-state index contributed by atoms with van der Waals surface area (Å²) in [5, 5.41) is 0. The lowest BCUT2D eigenvalue weighted by molar-refractivity contribution is 1.12. The molecule has 1 aromatic rings. The zero-order chi connectivity index (χ0) is 5.98. The lowest BCUT2D eigenvalue weighted by atomic mass is 10.4. The van der Waals surface area contributed by atoms with Crippen molar-refractivity contribution in [1.29, 1.82) is 0 Å². The number of hydrogen-bond acceptors (Lipinski definition) is 1. The van der Waals surface area contributed by atoms with Crippen LogP contribution in [0.2, 0.25) is 0 Å². The Kier molecular flexibility index (Phi) is 1.44. The first-order valence-corrected chi connectivity index (χ1v) is 2.80. The number of aromatic nitrogens is 1. The minimum atomic E-state index is 0.840. The molecule has 0 saturated carbocycles. The summed E-state index contributed by atoms with van der Waals surface area (Å²) in [6.07, 6.45) is 1.74. The molecule has 0 aromatic carbocycles. The van der Waals surface area contributed by atoms with Crippen LogP contribution in [0.4, 0.5) is 0 Å². The van der Waals surface area contributed by atoms with Crippen molar-refractivity contribution in [3.63, 3.8) is 0 Å². The van der Waals surface area contributed by atoms with Gasteiger partial charge in [-0.05, 0) is 19.1 Å². The smallest absolute Gasteiger partial charge is 0.0589 e. The van der Waals surface area contributed by atoms with Gasteiger partial charge in [0.1, 0.15) is 0 Å². The van der Waals surface area contributed by atoms with Gasteiger partial charge in [-0.2, -0.15) is 0 Å². The van der Waals surface area contributed by atoms with Gasteiger partial charge in [-0.15, -0.1) is 0 Å². The minimum Gasteiger partial charge on any atom is -0.260 e. The molecule has 1 heterocycles. The maximum Gasteiger partial charge on any atom is 0.0589 e. The third kappa shape index (κ3) is 0.954. The predicted octanol–water partition coefficient (Wildman–Crippen LogP) is 1.95. The number of nitrogens with zero attached hydrogens (tertiary/aromatic N) is 1. The highest BCUT2D eigenvalue weighted by molar-refractivity contribution is 7.80. The maximum absolute atomic E-state index is 4.89. The van der Waals surface area contributed by atoms with Crippen LogP contribution < -0.4 is 0 Å². The largest absolute Gasteiger partial charge is 0.260 e. The molecule has 0 aliphatic rings. The van der Waals surface area contributed by atoms with Crippen LogP contribution in [0.3, 0.4) is 0 Å². The molecule has 0 atom stereocenters. The Hall–Kier alpha value is -0.630. The summed E-state index contributed by atoms with van der Waals surface area (Å²) in [5.41, 5.74) is 0.933. The van der Waals surface area contributed by atoms with E-state index in [0.717, 1.165) is 10.6 Å². The second-order valence-corrected chi connectivity index (χ2v) is 2.03. The van der Waals surface area contributed by atoms with Crippen LogP contribution >= 0.6 is 12.6 Å². The van der Waals surface area contributed by atoms with Crippen molar-refractivity contribution in [1.82, 2.24) is 4.98 Å². The number of aryl methyl sites for hydroxylation is 1. The molecule has 0 spiro atoms. The summed E-state index contributed by atoms with van der Waals surface area (Å²) in [7, 11) is 0. The van der Waals surface area contributed by atoms with E-state index in [9.17, 15) is 0 Å². The molecule has 8 heavy (non-hydrogen) atoms. The van der Waals surface area contributed by atoms with Gasteiger partial charge in [0.15, 0.2) is 0 Å². The molecule has 41 valence electrons. The summed E-state index contributed by atoms with van der Waals surface area (Å²) >= 11 is 4.89. The number of pyridine rings is 1. The zero-order valence-corrected chi connectivity index (χ0v) is 5.40. The lowest BCUT2D eigenvalue weighted by Gasteiger charge is -1.90. The zero-order valence-electron chi connectivity index (χ0n) is 4.59. The van der Waals surface area contributed by atoms with Crippen molar-refractivity contribution in [3.8, 4) is 0 Å². The van der Waals surface area contributed by atoms with Gasteiger partial charge in [-0.3, -0.25) is 4.98 Å². The van der Waals surface area contributed by atoms with E-state index < -0.39 is 0 Å². The highest BCUT2D eigenvalue weighted by Crippen LogP contribution is 2.06. The Labute approximate surface area is 54.2 Å². The van der Waals surface area contributed by atoms with Crippen LogP contribution in [0, 0.1) is 6.92 Å². The average Bonchev–Trinajstić information content (AvgIpc) is 1.77. The topological polar surface area (TPSA) is 12.9 Å². The average molecular weight is 124 g/mol. The molecule has 0 aliphatic heterocycles. The summed E-state index contributed by atoms with van der Waals surface area (Å²) in [5.74, 6) is 0. The first kappa shape index (κ1) is 5.51. The molecule has 0 saturated heterocycles. The van der Waals surface area contributed by atoms with Crippen LogP contribution in [0.25, 0.3) is 0 Å². The molecule has 0 N–H and O–H groups in total. The summed E-state index contributed by atoms with van der Waals surface area (Å²) in [4.78, 5) is 4.81. The fourth-order valence-corrected chi connectivity index (χ4v) is 0.601. The lowest BCUT2D eigenvalue weighted by Crippen LogP contribution is -1.78. The van der Waals surface area contributed by atoms with Gasteiger partial charge >= 0.3 is 0 Å². The molecule has 2 heteroatoms. The van der Waals surface area contributed by atoms with Crippen molar-refractivity contribution in [2.24, 2.45) is 0 Å². The Morgan fingerprint density at radius 3 is 2.75 bits per heavy atom. The summed E-state index contributed by atoms with van der Waals surface area (Å²) in [6.45, 7) is 1.91. The Balaban J connectivity index is 3.13. The van der Waals surface area contributed by atoms with E-state index in [1.54, 1.807) is 6.20 Å². The van der Waals surface area contributed by atoms with E-state index in [1.165, 1.54) is 0 Å². The third-order valence-corrected chi connectivity index (χ3v) is 1.39. The molecule has 0 aliphatic carbocycles. The van der Waals surface area contributed by atoms with E-state index in [0.29, 0.717) is 0 Å². The molecule has 0 fully saturated rings. The molecule has 1 aromatic heterocycles. The summed E-state index contributed by atoms with van der Waals surface area (Å²) < 4.78 is 0. The first-order chi connectivity index (χ1) is 3.80. The highest BCUT2D eigenvalue weighted by atomic mass is 32.1. The van der Waals surface area contributed by atoms with Crippen LogP contribution in [-0.2, 0) is 0 Å². The van der Waals surface area contributed by atoms with Gasteiger partial charge < -0.3 is 0 Å². The quantitative estimate of drug-likeness (QED) is 0.515. The molecule has 1 rings (SSSR count). The fourth-order valence-electron chi connectivity index (χ4n) is 0.469. The molecule has 1 radical (unpaired) electrons. The Morgan fingerprint density at radius 1 is 1.62 bits per heavy atom. The fraction of sp³-hybridized carbons (Fsp3) is 0.167. The molecule has 0 amide bonds. The first-order valence-electron chi connectivity index (χ1n) is 2.39. The normalized spacial score (nSPS) is 9.12. The van der Waals surface area contributed by atoms with Crippen molar-refractivity contribution < 1.29 is 0 Å². The second kappa shape index (κ2) is 2.09. The molecule has 0 unspecified atom stereocenters. The van der Waals surface area contributed by atoms with E-state index in [2.05, 4.69) is 4.98 Å². The van der Waals surface area contributed by atoms with Gasteiger partial charge in [0, 0.05) is 6.20 Å². The van der Waals surface area contributed by atoms with E-state index in [4.69, 9.17) is 12.6 Å². The molecule has 0 bridgehead atoms. The van der Waals surface area contributed by atoms with Crippen LogP contribution in [0.1, 0.15) is 5.69 Å². The van der Waals surface area contributed by atoms with Gasteiger partial charge in [-0.25, -0.2) is 0 Å².